The largest absolute Gasteiger partial charge is 0.504 e. The topological polar surface area (TPSA) is 58.6 Å². The van der Waals surface area contributed by atoms with Crippen LogP contribution in [-0.4, -0.2) is 31.6 Å². The van der Waals surface area contributed by atoms with E-state index in [0.717, 1.165) is 37.8 Å². The van der Waals surface area contributed by atoms with Crippen molar-refractivity contribution < 1.29 is 14.6 Å². The van der Waals surface area contributed by atoms with E-state index in [-0.39, 0.29) is 5.75 Å². The van der Waals surface area contributed by atoms with Crippen LogP contribution in [0.25, 0.3) is 0 Å². The van der Waals surface area contributed by atoms with Crippen molar-refractivity contribution in [1.29, 1.82) is 0 Å². The molecule has 0 saturated carbocycles. The Morgan fingerprint density at radius 3 is 2.71 bits per heavy atom. The summed E-state index contributed by atoms with van der Waals surface area (Å²) < 4.78 is 5.01. The van der Waals surface area contributed by atoms with Crippen molar-refractivity contribution in [2.45, 2.75) is 18.8 Å². The lowest BCUT2D eigenvalue weighted by Gasteiger charge is -2.24. The first kappa shape index (κ1) is 11.9. The molecule has 2 rings (SSSR count). The van der Waals surface area contributed by atoms with E-state index in [1.165, 1.54) is 7.11 Å². The summed E-state index contributed by atoms with van der Waals surface area (Å²) in [6, 6.07) is 3.28. The fourth-order valence-electron chi connectivity index (χ4n) is 2.35. The third kappa shape index (κ3) is 2.42. The minimum Gasteiger partial charge on any atom is -0.504 e. The number of carbonyl (C=O) groups excluding carboxylic acids is 1. The molecule has 0 amide bonds. The lowest BCUT2D eigenvalue weighted by atomic mass is 9.87. The molecule has 0 radical (unpaired) electrons. The molecule has 0 atom stereocenters. The van der Waals surface area contributed by atoms with Crippen LogP contribution < -0.4 is 10.1 Å². The maximum absolute atomic E-state index is 11.1. The highest BCUT2D eigenvalue weighted by atomic mass is 16.5. The number of nitrogens with one attached hydrogen (secondary N) is 1. The van der Waals surface area contributed by atoms with Gasteiger partial charge in [0.25, 0.3) is 0 Å². The van der Waals surface area contributed by atoms with Gasteiger partial charge in [0.1, 0.15) is 6.29 Å². The summed E-state index contributed by atoms with van der Waals surface area (Å²) in [5.41, 5.74) is 1.55. The quantitative estimate of drug-likeness (QED) is 0.783. The summed E-state index contributed by atoms with van der Waals surface area (Å²) in [5.74, 6) is 0.796. The van der Waals surface area contributed by atoms with Crippen LogP contribution in [0.2, 0.25) is 0 Å². The predicted molar refractivity (Wildman–Crippen MR) is 64.9 cm³/mol. The first-order chi connectivity index (χ1) is 8.26. The number of methoxy groups -OCH3 is 1. The molecule has 17 heavy (non-hydrogen) atoms. The molecular weight excluding hydrogens is 218 g/mol. The van der Waals surface area contributed by atoms with Gasteiger partial charge in [-0.3, -0.25) is 4.79 Å². The first-order valence-corrected chi connectivity index (χ1v) is 5.83. The third-order valence-corrected chi connectivity index (χ3v) is 3.29. The number of carbonyl (C=O) groups is 1. The van der Waals surface area contributed by atoms with Crippen molar-refractivity contribution in [2.24, 2.45) is 0 Å². The van der Waals surface area contributed by atoms with E-state index in [1.54, 1.807) is 12.1 Å². The number of benzene rings is 1. The van der Waals surface area contributed by atoms with Crippen LogP contribution in [-0.2, 0) is 0 Å². The number of phenols is 1. The summed E-state index contributed by atoms with van der Waals surface area (Å²) in [4.78, 5) is 11.1. The van der Waals surface area contributed by atoms with Crippen LogP contribution in [0.4, 0.5) is 0 Å². The Kier molecular flexibility index (Phi) is 3.64. The number of phenolic OH excluding ortho intramolecular Hbond substituents is 1. The van der Waals surface area contributed by atoms with Crippen molar-refractivity contribution in [2.75, 3.05) is 20.2 Å². The number of aromatic hydroxyl groups is 1. The molecule has 1 aromatic rings. The van der Waals surface area contributed by atoms with Gasteiger partial charge in [-0.15, -0.1) is 0 Å². The van der Waals surface area contributed by atoms with Crippen molar-refractivity contribution in [3.63, 3.8) is 0 Å². The fourth-order valence-corrected chi connectivity index (χ4v) is 2.35. The van der Waals surface area contributed by atoms with Crippen molar-refractivity contribution >= 4 is 6.29 Å². The Bertz CT molecular complexity index is 411. The zero-order valence-corrected chi connectivity index (χ0v) is 9.90. The Morgan fingerprint density at radius 2 is 2.12 bits per heavy atom. The lowest BCUT2D eigenvalue weighted by Crippen LogP contribution is -2.27. The van der Waals surface area contributed by atoms with Crippen LogP contribution in [0.15, 0.2) is 12.1 Å². The minimum atomic E-state index is 0.103. The molecule has 1 saturated heterocycles. The highest BCUT2D eigenvalue weighted by Crippen LogP contribution is 2.35. The van der Waals surface area contributed by atoms with Gasteiger partial charge in [0.2, 0.25) is 0 Å². The normalized spacial score (nSPS) is 16.8. The number of piperidine rings is 1. The third-order valence-electron chi connectivity index (χ3n) is 3.29. The smallest absolute Gasteiger partial charge is 0.161 e. The zero-order chi connectivity index (χ0) is 12.3. The van der Waals surface area contributed by atoms with Gasteiger partial charge in [-0.1, -0.05) is 0 Å². The summed E-state index contributed by atoms with van der Waals surface area (Å²) in [6.45, 7) is 1.91. The Hall–Kier alpha value is -1.55. The number of ether oxygens (including phenoxy) is 1. The number of hydrogen-bond donors (Lipinski definition) is 2. The Balaban J connectivity index is 2.37. The van der Waals surface area contributed by atoms with Crippen LogP contribution in [0.1, 0.15) is 34.7 Å². The van der Waals surface area contributed by atoms with Gasteiger partial charge in [-0.25, -0.2) is 0 Å². The van der Waals surface area contributed by atoms with Crippen molar-refractivity contribution in [1.82, 2.24) is 5.32 Å². The van der Waals surface area contributed by atoms with Gasteiger partial charge in [0.05, 0.1) is 7.11 Å². The van der Waals surface area contributed by atoms with Crippen molar-refractivity contribution in [3.8, 4) is 11.5 Å². The highest BCUT2D eigenvalue weighted by Gasteiger charge is 2.20. The summed E-state index contributed by atoms with van der Waals surface area (Å²) in [7, 11) is 1.48. The number of aldehydes is 1. The average Bonchev–Trinajstić information content (AvgIpc) is 2.39. The molecule has 2 N–H and O–H groups in total. The number of rotatable bonds is 3. The van der Waals surface area contributed by atoms with E-state index < -0.39 is 0 Å². The SMILES string of the molecule is COc1cc(C=O)c(C2CCNCC2)cc1O. The highest BCUT2D eigenvalue weighted by molar-refractivity contribution is 5.79. The van der Waals surface area contributed by atoms with Gasteiger partial charge < -0.3 is 15.2 Å². The first-order valence-electron chi connectivity index (χ1n) is 5.83. The zero-order valence-electron chi connectivity index (χ0n) is 9.90. The standard InChI is InChI=1S/C13H17NO3/c1-17-13-6-10(8-15)11(7-12(13)16)9-2-4-14-5-3-9/h6-9,14,16H,2-5H2,1H3. The maximum atomic E-state index is 11.1. The van der Waals surface area contributed by atoms with E-state index in [0.29, 0.717) is 17.2 Å². The van der Waals surface area contributed by atoms with E-state index in [1.807, 2.05) is 0 Å². The maximum Gasteiger partial charge on any atom is 0.161 e. The van der Waals surface area contributed by atoms with Gasteiger partial charge in [-0.05, 0) is 49.5 Å². The Morgan fingerprint density at radius 1 is 1.41 bits per heavy atom. The molecule has 0 unspecified atom stereocenters. The molecule has 0 aromatic heterocycles. The van der Waals surface area contributed by atoms with Gasteiger partial charge in [0.15, 0.2) is 11.5 Å². The molecule has 92 valence electrons. The molecule has 1 aliphatic heterocycles. The molecule has 1 aliphatic rings. The molecule has 0 aliphatic carbocycles. The summed E-state index contributed by atoms with van der Waals surface area (Å²) in [6.07, 6.45) is 2.82. The summed E-state index contributed by atoms with van der Waals surface area (Å²) in [5, 5.41) is 13.1. The van der Waals surface area contributed by atoms with Gasteiger partial charge in [0, 0.05) is 5.56 Å². The molecule has 4 heteroatoms. The second-order valence-corrected chi connectivity index (χ2v) is 4.30. The van der Waals surface area contributed by atoms with Gasteiger partial charge in [-0.2, -0.15) is 0 Å². The second kappa shape index (κ2) is 5.19. The monoisotopic (exact) mass is 235 g/mol. The lowest BCUT2D eigenvalue weighted by molar-refractivity contribution is 0.112. The molecule has 1 aromatic carbocycles. The molecule has 1 fully saturated rings. The van der Waals surface area contributed by atoms with E-state index in [2.05, 4.69) is 5.32 Å². The van der Waals surface area contributed by atoms with Crippen molar-refractivity contribution in [3.05, 3.63) is 23.3 Å². The van der Waals surface area contributed by atoms with E-state index >= 15 is 0 Å². The molecule has 0 spiro atoms. The number of hydrogen-bond acceptors (Lipinski definition) is 4. The van der Waals surface area contributed by atoms with Crippen LogP contribution in [0, 0.1) is 0 Å². The van der Waals surface area contributed by atoms with Crippen LogP contribution in [0.3, 0.4) is 0 Å². The van der Waals surface area contributed by atoms with E-state index in [9.17, 15) is 9.90 Å². The molecular formula is C13H17NO3. The molecule has 1 heterocycles. The van der Waals surface area contributed by atoms with E-state index in [4.69, 9.17) is 4.74 Å². The Labute approximate surface area is 101 Å². The molecule has 0 bridgehead atoms. The second-order valence-electron chi connectivity index (χ2n) is 4.30. The van der Waals surface area contributed by atoms with Crippen LogP contribution in [0.5, 0.6) is 11.5 Å². The molecule has 4 nitrogen and oxygen atoms in total. The summed E-state index contributed by atoms with van der Waals surface area (Å²) >= 11 is 0. The minimum absolute atomic E-state index is 0.103. The fraction of sp³-hybridized carbons (Fsp3) is 0.462. The van der Waals surface area contributed by atoms with Crippen LogP contribution >= 0.6 is 0 Å². The average molecular weight is 235 g/mol. The predicted octanol–water partition coefficient (Wildman–Crippen LogP) is 1.68. The van der Waals surface area contributed by atoms with Gasteiger partial charge >= 0.3 is 0 Å².